The second kappa shape index (κ2) is 6.28. The van der Waals surface area contributed by atoms with Gasteiger partial charge in [0.2, 0.25) is 11.8 Å². The minimum Gasteiger partial charge on any atom is -0.426 e. The summed E-state index contributed by atoms with van der Waals surface area (Å²) < 4.78 is 19.2. The zero-order valence-electron chi connectivity index (χ0n) is 11.9. The standard InChI is InChI=1S/C17H13ClFN2O/c1-11-20-21-17(22-11)9-5-14-10-13(4-8-16(14)19)12-2-6-15(18)7-3-12/h2-8,10H,9H2,1H3. The van der Waals surface area contributed by atoms with E-state index < -0.39 is 0 Å². The van der Waals surface area contributed by atoms with E-state index in [1.165, 1.54) is 6.07 Å². The van der Waals surface area contributed by atoms with Gasteiger partial charge in [0.15, 0.2) is 0 Å². The summed E-state index contributed by atoms with van der Waals surface area (Å²) in [4.78, 5) is 0. The zero-order chi connectivity index (χ0) is 15.5. The molecule has 0 aliphatic rings. The summed E-state index contributed by atoms with van der Waals surface area (Å²) in [5.74, 6) is 0.682. The number of benzene rings is 2. The normalized spacial score (nSPS) is 10.9. The minimum absolute atomic E-state index is 0.283. The topological polar surface area (TPSA) is 38.9 Å². The molecule has 1 heterocycles. The summed E-state index contributed by atoms with van der Waals surface area (Å²) in [6.07, 6.45) is 2.13. The van der Waals surface area contributed by atoms with Gasteiger partial charge < -0.3 is 4.42 Å². The molecule has 5 heteroatoms. The molecule has 1 radical (unpaired) electrons. The Labute approximate surface area is 132 Å². The van der Waals surface area contributed by atoms with Crippen molar-refractivity contribution in [2.24, 2.45) is 0 Å². The van der Waals surface area contributed by atoms with Gasteiger partial charge in [-0.3, -0.25) is 0 Å². The average Bonchev–Trinajstić information content (AvgIpc) is 2.93. The molecule has 0 N–H and O–H groups in total. The number of aryl methyl sites for hydroxylation is 1. The van der Waals surface area contributed by atoms with Gasteiger partial charge in [0.25, 0.3) is 0 Å². The Hall–Kier alpha value is -2.20. The van der Waals surface area contributed by atoms with Gasteiger partial charge in [-0.05, 0) is 41.0 Å². The first-order valence-electron chi connectivity index (χ1n) is 6.79. The molecule has 0 atom stereocenters. The van der Waals surface area contributed by atoms with Gasteiger partial charge in [-0.25, -0.2) is 4.39 Å². The predicted molar refractivity (Wildman–Crippen MR) is 83.0 cm³/mol. The molecular weight excluding hydrogens is 303 g/mol. The number of hydrogen-bond donors (Lipinski definition) is 0. The summed E-state index contributed by atoms with van der Waals surface area (Å²) in [6, 6.07) is 12.4. The van der Waals surface area contributed by atoms with Crippen molar-refractivity contribution in [2.45, 2.75) is 13.3 Å². The van der Waals surface area contributed by atoms with Crippen molar-refractivity contribution in [3.8, 4) is 11.1 Å². The lowest BCUT2D eigenvalue weighted by Crippen LogP contribution is -1.94. The monoisotopic (exact) mass is 315 g/mol. The van der Waals surface area contributed by atoms with Crippen molar-refractivity contribution < 1.29 is 8.81 Å². The summed E-state index contributed by atoms with van der Waals surface area (Å²) >= 11 is 5.89. The van der Waals surface area contributed by atoms with Crippen LogP contribution in [0.25, 0.3) is 11.1 Å². The van der Waals surface area contributed by atoms with Crippen LogP contribution in [-0.4, -0.2) is 10.2 Å². The smallest absolute Gasteiger partial charge is 0.217 e. The third-order valence-electron chi connectivity index (χ3n) is 3.24. The SMILES string of the molecule is Cc1nnc(C[CH]c2cc(-c3ccc(Cl)cc3)ccc2F)o1. The van der Waals surface area contributed by atoms with Gasteiger partial charge >= 0.3 is 0 Å². The van der Waals surface area contributed by atoms with Crippen molar-refractivity contribution in [2.75, 3.05) is 0 Å². The van der Waals surface area contributed by atoms with Gasteiger partial charge in [-0.15, -0.1) is 10.2 Å². The Kier molecular flexibility index (Phi) is 4.20. The van der Waals surface area contributed by atoms with E-state index in [4.69, 9.17) is 16.0 Å². The Balaban J connectivity index is 1.81. The van der Waals surface area contributed by atoms with Crippen LogP contribution in [0.3, 0.4) is 0 Å². The van der Waals surface area contributed by atoms with E-state index in [9.17, 15) is 4.39 Å². The number of aromatic nitrogens is 2. The van der Waals surface area contributed by atoms with E-state index in [1.807, 2.05) is 24.3 Å². The molecule has 0 fully saturated rings. The third-order valence-corrected chi connectivity index (χ3v) is 3.49. The maximum absolute atomic E-state index is 13.9. The molecule has 0 amide bonds. The van der Waals surface area contributed by atoms with E-state index >= 15 is 0 Å². The zero-order valence-corrected chi connectivity index (χ0v) is 12.6. The summed E-state index contributed by atoms with van der Waals surface area (Å²) in [7, 11) is 0. The van der Waals surface area contributed by atoms with E-state index in [0.717, 1.165) is 11.1 Å². The van der Waals surface area contributed by atoms with Crippen LogP contribution >= 0.6 is 11.6 Å². The third kappa shape index (κ3) is 3.34. The molecule has 0 bridgehead atoms. The Morgan fingerprint density at radius 3 is 2.50 bits per heavy atom. The van der Waals surface area contributed by atoms with Crippen molar-refractivity contribution in [3.63, 3.8) is 0 Å². The largest absolute Gasteiger partial charge is 0.426 e. The first kappa shape index (κ1) is 14.7. The molecule has 3 nitrogen and oxygen atoms in total. The average molecular weight is 316 g/mol. The van der Waals surface area contributed by atoms with E-state index in [1.54, 1.807) is 25.5 Å². The van der Waals surface area contributed by atoms with Crippen LogP contribution in [0.4, 0.5) is 4.39 Å². The first-order chi connectivity index (χ1) is 10.6. The molecule has 3 aromatic rings. The van der Waals surface area contributed by atoms with Crippen LogP contribution in [0.1, 0.15) is 17.3 Å². The lowest BCUT2D eigenvalue weighted by molar-refractivity contribution is 0.475. The predicted octanol–water partition coefficient (Wildman–Crippen LogP) is 4.63. The van der Waals surface area contributed by atoms with E-state index in [-0.39, 0.29) is 5.82 Å². The highest BCUT2D eigenvalue weighted by atomic mass is 35.5. The molecule has 2 aromatic carbocycles. The summed E-state index contributed by atoms with van der Waals surface area (Å²) in [5.41, 5.74) is 2.40. The van der Waals surface area contributed by atoms with Gasteiger partial charge in [0.05, 0.1) is 0 Å². The van der Waals surface area contributed by atoms with Crippen LogP contribution in [0.2, 0.25) is 5.02 Å². The van der Waals surface area contributed by atoms with Crippen LogP contribution in [-0.2, 0) is 6.42 Å². The van der Waals surface area contributed by atoms with Crippen LogP contribution < -0.4 is 0 Å². The Morgan fingerprint density at radius 2 is 1.82 bits per heavy atom. The number of hydrogen-bond acceptors (Lipinski definition) is 3. The molecular formula is C17H13ClFN2O. The molecule has 0 saturated heterocycles. The highest BCUT2D eigenvalue weighted by Gasteiger charge is 2.09. The van der Waals surface area contributed by atoms with E-state index in [0.29, 0.717) is 28.8 Å². The van der Waals surface area contributed by atoms with Crippen molar-refractivity contribution in [1.82, 2.24) is 10.2 Å². The fraction of sp³-hybridized carbons (Fsp3) is 0.118. The number of halogens is 2. The Morgan fingerprint density at radius 1 is 1.09 bits per heavy atom. The molecule has 0 aliphatic heterocycles. The molecule has 3 rings (SSSR count). The maximum Gasteiger partial charge on any atom is 0.217 e. The van der Waals surface area contributed by atoms with Crippen molar-refractivity contribution in [1.29, 1.82) is 0 Å². The minimum atomic E-state index is -0.283. The molecule has 111 valence electrons. The second-order valence-corrected chi connectivity index (χ2v) is 5.30. The molecule has 0 aliphatic carbocycles. The molecule has 0 spiro atoms. The van der Waals surface area contributed by atoms with Crippen molar-refractivity contribution in [3.05, 3.63) is 77.1 Å². The fourth-order valence-electron chi connectivity index (χ4n) is 2.14. The van der Waals surface area contributed by atoms with Crippen LogP contribution in [0, 0.1) is 19.2 Å². The van der Waals surface area contributed by atoms with Crippen molar-refractivity contribution >= 4 is 11.6 Å². The second-order valence-electron chi connectivity index (χ2n) is 4.87. The van der Waals surface area contributed by atoms with Crippen LogP contribution in [0.15, 0.2) is 46.9 Å². The van der Waals surface area contributed by atoms with E-state index in [2.05, 4.69) is 10.2 Å². The van der Waals surface area contributed by atoms with Gasteiger partial charge in [0, 0.05) is 24.8 Å². The number of nitrogens with zero attached hydrogens (tertiary/aromatic N) is 2. The quantitative estimate of drug-likeness (QED) is 0.704. The van der Waals surface area contributed by atoms with Gasteiger partial charge in [-0.1, -0.05) is 29.8 Å². The summed E-state index contributed by atoms with van der Waals surface area (Å²) in [5, 5.41) is 8.32. The number of rotatable bonds is 4. The van der Waals surface area contributed by atoms with Gasteiger partial charge in [-0.2, -0.15) is 0 Å². The maximum atomic E-state index is 13.9. The fourth-order valence-corrected chi connectivity index (χ4v) is 2.27. The van der Waals surface area contributed by atoms with Gasteiger partial charge in [0.1, 0.15) is 5.82 Å². The Bertz CT molecular complexity index is 784. The highest BCUT2D eigenvalue weighted by Crippen LogP contribution is 2.25. The lowest BCUT2D eigenvalue weighted by Gasteiger charge is -2.06. The molecule has 0 unspecified atom stereocenters. The van der Waals surface area contributed by atoms with Crippen LogP contribution in [0.5, 0.6) is 0 Å². The lowest BCUT2D eigenvalue weighted by atomic mass is 10.0. The first-order valence-corrected chi connectivity index (χ1v) is 7.17. The summed E-state index contributed by atoms with van der Waals surface area (Å²) in [6.45, 7) is 1.72. The molecule has 1 aromatic heterocycles. The molecule has 0 saturated carbocycles. The molecule has 22 heavy (non-hydrogen) atoms. The highest BCUT2D eigenvalue weighted by molar-refractivity contribution is 6.30.